The van der Waals surface area contributed by atoms with Gasteiger partial charge in [-0.15, -0.1) is 0 Å². The molecule has 0 radical (unpaired) electrons. The number of piperidine rings is 1. The van der Waals surface area contributed by atoms with Crippen molar-refractivity contribution in [1.29, 1.82) is 0 Å². The molecule has 5 rings (SSSR count). The molecule has 1 amide bonds. The van der Waals surface area contributed by atoms with Gasteiger partial charge in [-0.1, -0.05) is 38.2 Å². The first-order chi connectivity index (χ1) is 14.6. The van der Waals surface area contributed by atoms with E-state index in [1.54, 1.807) is 0 Å². The van der Waals surface area contributed by atoms with Gasteiger partial charge in [0.05, 0.1) is 12.1 Å². The Bertz CT molecular complexity index is 778. The monoisotopic (exact) mass is 414 g/mol. The zero-order valence-electron chi connectivity index (χ0n) is 17.8. The fraction of sp³-hybridized carbons (Fsp3) is 0.708. The molecule has 1 saturated heterocycles. The van der Waals surface area contributed by atoms with E-state index < -0.39 is 5.60 Å². The van der Waals surface area contributed by atoms with Crippen molar-refractivity contribution in [2.24, 2.45) is 5.92 Å². The van der Waals surface area contributed by atoms with Crippen LogP contribution in [0.3, 0.4) is 0 Å². The number of hydrogen-bond acceptors (Lipinski definition) is 5. The van der Waals surface area contributed by atoms with Crippen LogP contribution < -0.4 is 14.8 Å². The number of nitrogens with one attached hydrogen (secondary N) is 1. The quantitative estimate of drug-likeness (QED) is 0.789. The molecule has 30 heavy (non-hydrogen) atoms. The molecule has 0 spiro atoms. The Morgan fingerprint density at radius 3 is 2.73 bits per heavy atom. The lowest BCUT2D eigenvalue weighted by Crippen LogP contribution is -2.56. The van der Waals surface area contributed by atoms with E-state index in [1.165, 1.54) is 19.3 Å². The number of likely N-dealkylation sites (tertiary alicyclic amines) is 1. The minimum absolute atomic E-state index is 0.0238. The smallest absolute Gasteiger partial charge is 0.234 e. The van der Waals surface area contributed by atoms with Gasteiger partial charge >= 0.3 is 0 Å². The Kier molecular flexibility index (Phi) is 5.63. The standard InChI is InChI=1S/C24H34N2O4/c27-22(25-18-6-2-1-3-7-18)15-26-13-12-24(28)11-5-4-8-19(24)23(26)17-9-10-20-21(14-17)30-16-29-20/h9-10,14,18-19,23,28H,1-8,11-13,15-16H2,(H,25,27). The number of benzene rings is 1. The lowest BCUT2D eigenvalue weighted by atomic mass is 9.66. The molecule has 2 heterocycles. The molecule has 2 aliphatic carbocycles. The molecule has 1 aromatic rings. The highest BCUT2D eigenvalue weighted by molar-refractivity contribution is 5.78. The van der Waals surface area contributed by atoms with Gasteiger partial charge in [0.15, 0.2) is 11.5 Å². The Morgan fingerprint density at radius 2 is 1.87 bits per heavy atom. The van der Waals surface area contributed by atoms with Crippen LogP contribution in [0.1, 0.15) is 75.8 Å². The minimum atomic E-state index is -0.629. The van der Waals surface area contributed by atoms with Gasteiger partial charge in [-0.05, 0) is 49.8 Å². The predicted octanol–water partition coefficient (Wildman–Crippen LogP) is 3.53. The number of nitrogens with zero attached hydrogens (tertiary/aromatic N) is 1. The maximum absolute atomic E-state index is 12.9. The van der Waals surface area contributed by atoms with E-state index in [0.717, 1.165) is 68.6 Å². The highest BCUT2D eigenvalue weighted by Gasteiger charge is 2.49. The Balaban J connectivity index is 1.38. The van der Waals surface area contributed by atoms with E-state index in [1.807, 2.05) is 6.07 Å². The predicted molar refractivity (Wildman–Crippen MR) is 113 cm³/mol. The molecule has 0 bridgehead atoms. The van der Waals surface area contributed by atoms with Gasteiger partial charge in [0.25, 0.3) is 0 Å². The van der Waals surface area contributed by atoms with Gasteiger partial charge in [0.2, 0.25) is 12.7 Å². The van der Waals surface area contributed by atoms with Gasteiger partial charge in [0.1, 0.15) is 0 Å². The van der Waals surface area contributed by atoms with Crippen molar-refractivity contribution < 1.29 is 19.4 Å². The molecule has 3 atom stereocenters. The van der Waals surface area contributed by atoms with Crippen molar-refractivity contribution >= 4 is 5.91 Å². The number of aliphatic hydroxyl groups is 1. The number of ether oxygens (including phenoxy) is 2. The van der Waals surface area contributed by atoms with Crippen LogP contribution in [-0.4, -0.2) is 47.4 Å². The van der Waals surface area contributed by atoms with Crippen LogP contribution in [0.5, 0.6) is 11.5 Å². The summed E-state index contributed by atoms with van der Waals surface area (Å²) in [6.07, 6.45) is 10.7. The maximum atomic E-state index is 12.9. The fourth-order valence-electron chi connectivity index (χ4n) is 6.16. The van der Waals surface area contributed by atoms with E-state index in [2.05, 4.69) is 22.3 Å². The summed E-state index contributed by atoms with van der Waals surface area (Å²) in [6.45, 7) is 1.39. The summed E-state index contributed by atoms with van der Waals surface area (Å²) >= 11 is 0. The van der Waals surface area contributed by atoms with Crippen LogP contribution in [0, 0.1) is 5.92 Å². The highest BCUT2D eigenvalue weighted by Crippen LogP contribution is 2.50. The van der Waals surface area contributed by atoms with Gasteiger partial charge in [-0.25, -0.2) is 0 Å². The molecule has 164 valence electrons. The second kappa shape index (κ2) is 8.39. The second-order valence-electron chi connectivity index (χ2n) is 9.64. The SMILES string of the molecule is O=C(CN1CCC2(O)CCCCC2C1c1ccc2c(c1)OCO2)NC1CCCCC1. The zero-order chi connectivity index (χ0) is 20.6. The summed E-state index contributed by atoms with van der Waals surface area (Å²) in [5, 5.41) is 14.7. The van der Waals surface area contributed by atoms with Gasteiger partial charge in [0, 0.05) is 24.5 Å². The minimum Gasteiger partial charge on any atom is -0.454 e. The average molecular weight is 415 g/mol. The highest BCUT2D eigenvalue weighted by atomic mass is 16.7. The van der Waals surface area contributed by atoms with Crippen molar-refractivity contribution in [2.45, 2.75) is 81.9 Å². The van der Waals surface area contributed by atoms with Crippen LogP contribution in [0.25, 0.3) is 0 Å². The average Bonchev–Trinajstić information content (AvgIpc) is 3.22. The third-order valence-corrected chi connectivity index (χ3v) is 7.73. The van der Waals surface area contributed by atoms with E-state index in [4.69, 9.17) is 9.47 Å². The molecule has 3 fully saturated rings. The molecular weight excluding hydrogens is 380 g/mol. The van der Waals surface area contributed by atoms with Gasteiger partial charge in [-0.2, -0.15) is 0 Å². The van der Waals surface area contributed by atoms with Crippen LogP contribution in [-0.2, 0) is 4.79 Å². The van der Waals surface area contributed by atoms with Crippen LogP contribution in [0.2, 0.25) is 0 Å². The third-order valence-electron chi connectivity index (χ3n) is 7.73. The van der Waals surface area contributed by atoms with E-state index in [0.29, 0.717) is 12.6 Å². The van der Waals surface area contributed by atoms with Crippen LogP contribution in [0.15, 0.2) is 18.2 Å². The molecule has 0 aromatic heterocycles. The lowest BCUT2D eigenvalue weighted by Gasteiger charge is -2.52. The Hall–Kier alpha value is -1.79. The number of amides is 1. The number of hydrogen-bond donors (Lipinski definition) is 2. The molecule has 4 aliphatic rings. The van der Waals surface area contributed by atoms with Crippen molar-refractivity contribution in [3.05, 3.63) is 23.8 Å². The summed E-state index contributed by atoms with van der Waals surface area (Å²) in [5.74, 6) is 1.80. The first-order valence-electron chi connectivity index (χ1n) is 11.8. The number of fused-ring (bicyclic) bond motifs is 2. The lowest BCUT2D eigenvalue weighted by molar-refractivity contribution is -0.138. The molecule has 3 unspecified atom stereocenters. The van der Waals surface area contributed by atoms with E-state index in [9.17, 15) is 9.90 Å². The number of rotatable bonds is 4. The van der Waals surface area contributed by atoms with Crippen molar-refractivity contribution in [3.63, 3.8) is 0 Å². The van der Waals surface area contributed by atoms with Gasteiger partial charge < -0.3 is 19.9 Å². The normalized spacial score (nSPS) is 31.9. The molecule has 2 saturated carbocycles. The van der Waals surface area contributed by atoms with Gasteiger partial charge in [-0.3, -0.25) is 9.69 Å². The topological polar surface area (TPSA) is 71.0 Å². The van der Waals surface area contributed by atoms with Crippen molar-refractivity contribution in [3.8, 4) is 11.5 Å². The first-order valence-corrected chi connectivity index (χ1v) is 11.8. The molecular formula is C24H34N2O4. The maximum Gasteiger partial charge on any atom is 0.234 e. The summed E-state index contributed by atoms with van der Waals surface area (Å²) < 4.78 is 11.1. The fourth-order valence-corrected chi connectivity index (χ4v) is 6.16. The molecule has 2 N–H and O–H groups in total. The summed E-state index contributed by atoms with van der Waals surface area (Å²) in [4.78, 5) is 15.2. The Morgan fingerprint density at radius 1 is 1.07 bits per heavy atom. The first kappa shape index (κ1) is 20.1. The second-order valence-corrected chi connectivity index (χ2v) is 9.64. The molecule has 1 aromatic carbocycles. The summed E-state index contributed by atoms with van der Waals surface area (Å²) in [6, 6.07) is 6.46. The summed E-state index contributed by atoms with van der Waals surface area (Å²) in [7, 11) is 0. The third kappa shape index (κ3) is 3.92. The van der Waals surface area contributed by atoms with Crippen molar-refractivity contribution in [1.82, 2.24) is 10.2 Å². The Labute approximate surface area is 178 Å². The van der Waals surface area contributed by atoms with Crippen LogP contribution in [0.4, 0.5) is 0 Å². The largest absolute Gasteiger partial charge is 0.454 e. The van der Waals surface area contributed by atoms with Crippen LogP contribution >= 0.6 is 0 Å². The molecule has 2 aliphatic heterocycles. The zero-order valence-corrected chi connectivity index (χ0v) is 17.8. The molecule has 6 heteroatoms. The van der Waals surface area contributed by atoms with Crippen molar-refractivity contribution in [2.75, 3.05) is 19.9 Å². The van der Waals surface area contributed by atoms with E-state index in [-0.39, 0.29) is 24.7 Å². The number of carbonyl (C=O) groups excluding carboxylic acids is 1. The molecule has 6 nitrogen and oxygen atoms in total. The summed E-state index contributed by atoms with van der Waals surface area (Å²) in [5.41, 5.74) is 0.491. The number of carbonyl (C=O) groups is 1. The van der Waals surface area contributed by atoms with E-state index >= 15 is 0 Å².